The molecule has 1 aromatic carbocycles. The van der Waals surface area contributed by atoms with Crippen LogP contribution < -0.4 is 9.46 Å². The molecular weight excluding hydrogens is 302 g/mol. The van der Waals surface area contributed by atoms with Crippen molar-refractivity contribution >= 4 is 10.2 Å². The minimum atomic E-state index is -3.44. The van der Waals surface area contributed by atoms with E-state index in [0.717, 1.165) is 24.4 Å². The molecule has 1 unspecified atom stereocenters. The fraction of sp³-hybridized carbons (Fsp3) is 0.600. The molecule has 0 heterocycles. The summed E-state index contributed by atoms with van der Waals surface area (Å²) in [7, 11) is 1.21. The van der Waals surface area contributed by atoms with Crippen LogP contribution in [0, 0.1) is 0 Å². The highest BCUT2D eigenvalue weighted by molar-refractivity contribution is 7.87. The maximum absolute atomic E-state index is 12.0. The zero-order valence-corrected chi connectivity index (χ0v) is 14.9. The second-order valence-corrected chi connectivity index (χ2v) is 7.12. The van der Waals surface area contributed by atoms with Gasteiger partial charge in [-0.25, -0.2) is 4.72 Å². The van der Waals surface area contributed by atoms with Crippen molar-refractivity contribution in [3.8, 4) is 5.75 Å². The number of likely N-dealkylation sites (N-methyl/N-ethyl adjacent to an activating group) is 1. The summed E-state index contributed by atoms with van der Waals surface area (Å²) in [6.45, 7) is 6.12. The van der Waals surface area contributed by atoms with Crippen LogP contribution >= 0.6 is 0 Å². The van der Waals surface area contributed by atoms with E-state index in [1.54, 1.807) is 7.11 Å². The molecule has 126 valence electrons. The third-order valence-corrected chi connectivity index (χ3v) is 5.16. The van der Waals surface area contributed by atoms with Gasteiger partial charge in [0.25, 0.3) is 10.2 Å². The van der Waals surface area contributed by atoms with Crippen LogP contribution in [-0.4, -0.2) is 58.5 Å². The zero-order valence-electron chi connectivity index (χ0n) is 14.0. The van der Waals surface area contributed by atoms with E-state index in [4.69, 9.17) is 4.74 Å². The van der Waals surface area contributed by atoms with Crippen LogP contribution in [0.1, 0.15) is 25.5 Å². The molecule has 7 heteroatoms. The van der Waals surface area contributed by atoms with Gasteiger partial charge in [-0.3, -0.25) is 4.90 Å². The van der Waals surface area contributed by atoms with Crippen LogP contribution in [-0.2, 0) is 10.2 Å². The SMILES string of the molecule is CCN(CC)C(CNS(=O)(=O)N(C)C)c1cccc(OC)c1. The molecule has 1 aromatic rings. The third-order valence-electron chi connectivity index (χ3n) is 3.67. The third kappa shape index (κ3) is 4.95. The lowest BCUT2D eigenvalue weighted by molar-refractivity contribution is 0.219. The van der Waals surface area contributed by atoms with Crippen molar-refractivity contribution in [2.24, 2.45) is 0 Å². The first-order valence-corrected chi connectivity index (χ1v) is 8.84. The molecule has 0 saturated heterocycles. The van der Waals surface area contributed by atoms with Gasteiger partial charge in [0.15, 0.2) is 0 Å². The Morgan fingerprint density at radius 3 is 2.36 bits per heavy atom. The normalized spacial score (nSPS) is 13.6. The summed E-state index contributed by atoms with van der Waals surface area (Å²) >= 11 is 0. The molecule has 0 bridgehead atoms. The van der Waals surface area contributed by atoms with E-state index in [0.29, 0.717) is 6.54 Å². The highest BCUT2D eigenvalue weighted by atomic mass is 32.2. The van der Waals surface area contributed by atoms with Crippen molar-refractivity contribution < 1.29 is 13.2 Å². The van der Waals surface area contributed by atoms with Crippen LogP contribution in [0.2, 0.25) is 0 Å². The van der Waals surface area contributed by atoms with Crippen LogP contribution in [0.25, 0.3) is 0 Å². The fourth-order valence-corrected chi connectivity index (χ4v) is 2.91. The Labute approximate surface area is 134 Å². The van der Waals surface area contributed by atoms with Crippen molar-refractivity contribution in [1.82, 2.24) is 13.9 Å². The molecular formula is C15H27N3O3S. The number of rotatable bonds is 9. The summed E-state index contributed by atoms with van der Waals surface area (Å²) in [5.74, 6) is 0.769. The van der Waals surface area contributed by atoms with E-state index in [1.807, 2.05) is 24.3 Å². The minimum Gasteiger partial charge on any atom is -0.497 e. The van der Waals surface area contributed by atoms with Gasteiger partial charge in [0.1, 0.15) is 5.75 Å². The maximum Gasteiger partial charge on any atom is 0.278 e. The number of benzene rings is 1. The lowest BCUT2D eigenvalue weighted by atomic mass is 10.0. The number of hydrogen-bond acceptors (Lipinski definition) is 4. The van der Waals surface area contributed by atoms with Crippen molar-refractivity contribution in [3.63, 3.8) is 0 Å². The van der Waals surface area contributed by atoms with Crippen LogP contribution in [0.5, 0.6) is 5.75 Å². The van der Waals surface area contributed by atoms with E-state index in [9.17, 15) is 8.42 Å². The first kappa shape index (κ1) is 18.9. The van der Waals surface area contributed by atoms with Gasteiger partial charge >= 0.3 is 0 Å². The molecule has 0 spiro atoms. The quantitative estimate of drug-likeness (QED) is 0.745. The van der Waals surface area contributed by atoms with Gasteiger partial charge in [-0.2, -0.15) is 12.7 Å². The van der Waals surface area contributed by atoms with Crippen molar-refractivity contribution in [1.29, 1.82) is 0 Å². The van der Waals surface area contributed by atoms with E-state index in [1.165, 1.54) is 18.4 Å². The fourth-order valence-electron chi connectivity index (χ4n) is 2.28. The molecule has 1 rings (SSSR count). The summed E-state index contributed by atoms with van der Waals surface area (Å²) in [5.41, 5.74) is 1.03. The van der Waals surface area contributed by atoms with Crippen LogP contribution in [0.3, 0.4) is 0 Å². The van der Waals surface area contributed by atoms with Gasteiger partial charge in [0.05, 0.1) is 7.11 Å². The monoisotopic (exact) mass is 329 g/mol. The average molecular weight is 329 g/mol. The standard InChI is InChI=1S/C15H27N3O3S/c1-6-18(7-2)15(12-16-22(19,20)17(3)4)13-9-8-10-14(11-13)21-5/h8-11,15-16H,6-7,12H2,1-5H3. The molecule has 0 aliphatic carbocycles. The molecule has 0 aromatic heterocycles. The molecule has 6 nitrogen and oxygen atoms in total. The Hall–Kier alpha value is -1.15. The first-order valence-electron chi connectivity index (χ1n) is 7.40. The van der Waals surface area contributed by atoms with Crippen molar-refractivity contribution in [2.75, 3.05) is 40.8 Å². The number of methoxy groups -OCH3 is 1. The van der Waals surface area contributed by atoms with E-state index in [-0.39, 0.29) is 6.04 Å². The second-order valence-electron chi connectivity index (χ2n) is 5.15. The zero-order chi connectivity index (χ0) is 16.8. The number of ether oxygens (including phenoxy) is 1. The highest BCUT2D eigenvalue weighted by Crippen LogP contribution is 2.24. The summed E-state index contributed by atoms with van der Waals surface area (Å²) in [6, 6.07) is 7.71. The molecule has 0 amide bonds. The lowest BCUT2D eigenvalue weighted by Crippen LogP contribution is -2.42. The van der Waals surface area contributed by atoms with E-state index >= 15 is 0 Å². The molecule has 0 aliphatic rings. The summed E-state index contributed by atoms with van der Waals surface area (Å²) in [4.78, 5) is 2.22. The van der Waals surface area contributed by atoms with Crippen LogP contribution in [0.4, 0.5) is 0 Å². The molecule has 22 heavy (non-hydrogen) atoms. The van der Waals surface area contributed by atoms with Gasteiger partial charge in [-0.05, 0) is 30.8 Å². The summed E-state index contributed by atoms with van der Waals surface area (Å²) in [6.07, 6.45) is 0. The predicted octanol–water partition coefficient (Wildman–Crippen LogP) is 1.47. The maximum atomic E-state index is 12.0. The van der Waals surface area contributed by atoms with E-state index < -0.39 is 10.2 Å². The van der Waals surface area contributed by atoms with E-state index in [2.05, 4.69) is 23.5 Å². The van der Waals surface area contributed by atoms with Crippen LogP contribution in [0.15, 0.2) is 24.3 Å². The number of nitrogens with one attached hydrogen (secondary N) is 1. The molecule has 0 radical (unpaired) electrons. The summed E-state index contributed by atoms with van der Waals surface area (Å²) in [5, 5.41) is 0. The molecule has 0 fully saturated rings. The molecule has 0 saturated carbocycles. The molecule has 1 atom stereocenters. The molecule has 1 N–H and O–H groups in total. The first-order chi connectivity index (χ1) is 10.4. The second kappa shape index (κ2) is 8.47. The topological polar surface area (TPSA) is 61.9 Å². The Morgan fingerprint density at radius 2 is 1.86 bits per heavy atom. The average Bonchev–Trinajstić information content (AvgIpc) is 2.51. The van der Waals surface area contributed by atoms with Gasteiger partial charge < -0.3 is 4.74 Å². The summed E-state index contributed by atoms with van der Waals surface area (Å²) < 4.78 is 33.0. The van der Waals surface area contributed by atoms with Crippen molar-refractivity contribution in [2.45, 2.75) is 19.9 Å². The highest BCUT2D eigenvalue weighted by Gasteiger charge is 2.22. The number of nitrogens with zero attached hydrogens (tertiary/aromatic N) is 2. The van der Waals surface area contributed by atoms with Gasteiger partial charge in [-0.15, -0.1) is 0 Å². The lowest BCUT2D eigenvalue weighted by Gasteiger charge is -2.30. The van der Waals surface area contributed by atoms with Crippen molar-refractivity contribution in [3.05, 3.63) is 29.8 Å². The minimum absolute atomic E-state index is 0.0418. The smallest absolute Gasteiger partial charge is 0.278 e. The Balaban J connectivity index is 3.03. The Kier molecular flexibility index (Phi) is 7.28. The molecule has 0 aliphatic heterocycles. The Bertz CT molecular complexity index is 557. The predicted molar refractivity (Wildman–Crippen MR) is 89.3 cm³/mol. The number of hydrogen-bond donors (Lipinski definition) is 1. The largest absolute Gasteiger partial charge is 0.497 e. The van der Waals surface area contributed by atoms with Gasteiger partial charge in [0, 0.05) is 26.7 Å². The van der Waals surface area contributed by atoms with Gasteiger partial charge in [0.2, 0.25) is 0 Å². The Morgan fingerprint density at radius 1 is 1.23 bits per heavy atom. The van der Waals surface area contributed by atoms with Gasteiger partial charge in [-0.1, -0.05) is 26.0 Å².